The first-order chi connectivity index (χ1) is 8.65. The van der Waals surface area contributed by atoms with Crippen molar-refractivity contribution in [2.75, 3.05) is 12.4 Å². The lowest BCUT2D eigenvalue weighted by Gasteiger charge is -2.37. The van der Waals surface area contributed by atoms with E-state index in [1.54, 1.807) is 11.0 Å². The third-order valence-electron chi connectivity index (χ3n) is 3.35. The summed E-state index contributed by atoms with van der Waals surface area (Å²) in [4.78, 5) is 14.0. The molecule has 1 aromatic rings. The van der Waals surface area contributed by atoms with Crippen LogP contribution in [0.2, 0.25) is 0 Å². The second kappa shape index (κ2) is 5.48. The highest BCUT2D eigenvalue weighted by molar-refractivity contribution is 6.18. The molecule has 0 spiro atoms. The zero-order valence-corrected chi connectivity index (χ0v) is 10.7. The molecular weight excluding hydrogens is 254 g/mol. The summed E-state index contributed by atoms with van der Waals surface area (Å²) in [5.74, 6) is -0.544. The Morgan fingerprint density at radius 3 is 2.67 bits per heavy atom. The quantitative estimate of drug-likeness (QED) is 0.651. The number of phenolic OH excluding ortho intramolecular Hbond substituents is 2. The number of halogens is 1. The lowest BCUT2D eigenvalue weighted by molar-refractivity contribution is 0.0594. The van der Waals surface area contributed by atoms with E-state index in [1.165, 1.54) is 12.1 Å². The van der Waals surface area contributed by atoms with Gasteiger partial charge in [0.05, 0.1) is 5.56 Å². The number of aromatic hydroxyl groups is 2. The Hall–Kier alpha value is -1.42. The van der Waals surface area contributed by atoms with Crippen molar-refractivity contribution in [3.05, 3.63) is 23.8 Å². The average Bonchev–Trinajstić information content (AvgIpc) is 2.29. The molecule has 1 amide bonds. The van der Waals surface area contributed by atoms with Crippen LogP contribution in [0.3, 0.4) is 0 Å². The van der Waals surface area contributed by atoms with Crippen molar-refractivity contribution in [2.24, 2.45) is 0 Å². The summed E-state index contributed by atoms with van der Waals surface area (Å²) in [5, 5.41) is 19.2. The zero-order chi connectivity index (χ0) is 13.1. The van der Waals surface area contributed by atoms with E-state index in [-0.39, 0.29) is 29.0 Å². The third-order valence-corrected chi connectivity index (χ3v) is 3.52. The van der Waals surface area contributed by atoms with Gasteiger partial charge in [0.2, 0.25) is 0 Å². The number of alkyl halides is 1. The number of amides is 1. The first kappa shape index (κ1) is 13.0. The SMILES string of the molecule is O=C(c1cccc(O)c1O)N(CCCl)C1CCC1. The van der Waals surface area contributed by atoms with Crippen LogP contribution in [0.5, 0.6) is 11.5 Å². The third kappa shape index (κ3) is 2.38. The molecule has 5 heteroatoms. The van der Waals surface area contributed by atoms with Gasteiger partial charge in [-0.2, -0.15) is 0 Å². The Labute approximate surface area is 111 Å². The largest absolute Gasteiger partial charge is 0.504 e. The number of benzene rings is 1. The van der Waals surface area contributed by atoms with E-state index in [0.29, 0.717) is 12.4 Å². The molecule has 2 N–H and O–H groups in total. The Morgan fingerprint density at radius 1 is 1.39 bits per heavy atom. The normalized spacial score (nSPS) is 15.2. The maximum atomic E-state index is 12.3. The monoisotopic (exact) mass is 269 g/mol. The van der Waals surface area contributed by atoms with Crippen LogP contribution in [0, 0.1) is 0 Å². The number of carbonyl (C=O) groups excluding carboxylic acids is 1. The molecule has 1 aliphatic carbocycles. The van der Waals surface area contributed by atoms with Gasteiger partial charge in [0, 0.05) is 18.5 Å². The molecule has 1 saturated carbocycles. The van der Waals surface area contributed by atoms with Gasteiger partial charge in [-0.05, 0) is 31.4 Å². The Kier molecular flexibility index (Phi) is 3.97. The van der Waals surface area contributed by atoms with Crippen molar-refractivity contribution in [3.63, 3.8) is 0 Å². The second-order valence-corrected chi connectivity index (χ2v) is 4.82. The highest BCUT2D eigenvalue weighted by Gasteiger charge is 2.30. The van der Waals surface area contributed by atoms with E-state index in [1.807, 2.05) is 0 Å². The molecule has 0 atom stereocenters. The zero-order valence-electron chi connectivity index (χ0n) is 9.97. The summed E-state index contributed by atoms with van der Waals surface area (Å²) in [7, 11) is 0. The molecule has 98 valence electrons. The molecule has 1 aliphatic rings. The first-order valence-electron chi connectivity index (χ1n) is 6.03. The van der Waals surface area contributed by atoms with Crippen LogP contribution in [0.4, 0.5) is 0 Å². The minimum atomic E-state index is -0.360. The maximum Gasteiger partial charge on any atom is 0.258 e. The lowest BCUT2D eigenvalue weighted by atomic mass is 9.91. The van der Waals surface area contributed by atoms with Crippen molar-refractivity contribution < 1.29 is 15.0 Å². The van der Waals surface area contributed by atoms with Gasteiger partial charge in [0.1, 0.15) is 0 Å². The van der Waals surface area contributed by atoms with E-state index in [2.05, 4.69) is 0 Å². The van der Waals surface area contributed by atoms with E-state index < -0.39 is 0 Å². The Bertz CT molecular complexity index is 446. The van der Waals surface area contributed by atoms with Crippen LogP contribution in [-0.2, 0) is 0 Å². The summed E-state index contributed by atoms with van der Waals surface area (Å²) >= 11 is 5.72. The minimum absolute atomic E-state index is 0.131. The fraction of sp³-hybridized carbons (Fsp3) is 0.462. The van der Waals surface area contributed by atoms with Crippen LogP contribution in [-0.4, -0.2) is 39.5 Å². The fourth-order valence-corrected chi connectivity index (χ4v) is 2.28. The number of nitrogens with zero attached hydrogens (tertiary/aromatic N) is 1. The number of hydrogen-bond donors (Lipinski definition) is 2. The molecular formula is C13H16ClNO3. The number of carbonyl (C=O) groups is 1. The molecule has 0 heterocycles. The maximum absolute atomic E-state index is 12.3. The van der Waals surface area contributed by atoms with E-state index >= 15 is 0 Å². The molecule has 18 heavy (non-hydrogen) atoms. The van der Waals surface area contributed by atoms with Gasteiger partial charge in [-0.3, -0.25) is 4.79 Å². The molecule has 0 aliphatic heterocycles. The summed E-state index contributed by atoms with van der Waals surface area (Å²) in [6, 6.07) is 4.61. The van der Waals surface area contributed by atoms with Crippen molar-refractivity contribution in [1.82, 2.24) is 4.90 Å². The number of hydrogen-bond acceptors (Lipinski definition) is 3. The van der Waals surface area contributed by atoms with Gasteiger partial charge >= 0.3 is 0 Å². The van der Waals surface area contributed by atoms with Gasteiger partial charge in [-0.15, -0.1) is 11.6 Å². The van der Waals surface area contributed by atoms with Gasteiger partial charge in [0.15, 0.2) is 11.5 Å². The molecule has 1 fully saturated rings. The summed E-state index contributed by atoms with van der Waals surface area (Å²) in [5.41, 5.74) is 0.131. The molecule has 4 nitrogen and oxygen atoms in total. The highest BCUT2D eigenvalue weighted by atomic mass is 35.5. The van der Waals surface area contributed by atoms with Crippen LogP contribution in [0.15, 0.2) is 18.2 Å². The number of para-hydroxylation sites is 1. The second-order valence-electron chi connectivity index (χ2n) is 4.45. The summed E-state index contributed by atoms with van der Waals surface area (Å²) in [6.45, 7) is 0.458. The summed E-state index contributed by atoms with van der Waals surface area (Å²) < 4.78 is 0. The molecule has 0 saturated heterocycles. The Morgan fingerprint density at radius 2 is 2.11 bits per heavy atom. The van der Waals surface area contributed by atoms with Crippen molar-refractivity contribution >= 4 is 17.5 Å². The molecule has 1 aromatic carbocycles. The standard InChI is InChI=1S/C13H16ClNO3/c14-7-8-15(9-3-1-4-9)13(18)10-5-2-6-11(16)12(10)17/h2,5-6,9,16-17H,1,3-4,7-8H2. The van der Waals surface area contributed by atoms with Gasteiger partial charge < -0.3 is 15.1 Å². The van der Waals surface area contributed by atoms with Crippen LogP contribution in [0.1, 0.15) is 29.6 Å². The van der Waals surface area contributed by atoms with Gasteiger partial charge in [-0.1, -0.05) is 6.07 Å². The highest BCUT2D eigenvalue weighted by Crippen LogP contribution is 2.32. The van der Waals surface area contributed by atoms with Gasteiger partial charge in [0.25, 0.3) is 5.91 Å². The lowest BCUT2D eigenvalue weighted by Crippen LogP contribution is -2.45. The van der Waals surface area contributed by atoms with E-state index in [9.17, 15) is 15.0 Å². The minimum Gasteiger partial charge on any atom is -0.504 e. The van der Waals surface area contributed by atoms with E-state index in [0.717, 1.165) is 19.3 Å². The first-order valence-corrected chi connectivity index (χ1v) is 6.56. The van der Waals surface area contributed by atoms with Crippen LogP contribution >= 0.6 is 11.6 Å². The molecule has 0 bridgehead atoms. The average molecular weight is 270 g/mol. The molecule has 0 unspecified atom stereocenters. The smallest absolute Gasteiger partial charge is 0.258 e. The van der Waals surface area contributed by atoms with Crippen molar-refractivity contribution in [2.45, 2.75) is 25.3 Å². The predicted octanol–water partition coefficient (Wildman–Crippen LogP) is 2.33. The van der Waals surface area contributed by atoms with Crippen molar-refractivity contribution in [3.8, 4) is 11.5 Å². The Balaban J connectivity index is 2.24. The topological polar surface area (TPSA) is 60.8 Å². The molecule has 2 rings (SSSR count). The molecule has 0 radical (unpaired) electrons. The van der Waals surface area contributed by atoms with Gasteiger partial charge in [-0.25, -0.2) is 0 Å². The number of rotatable bonds is 4. The van der Waals surface area contributed by atoms with Crippen LogP contribution in [0.25, 0.3) is 0 Å². The van der Waals surface area contributed by atoms with E-state index in [4.69, 9.17) is 11.6 Å². The summed E-state index contributed by atoms with van der Waals surface area (Å²) in [6.07, 6.45) is 3.06. The number of phenols is 2. The fourth-order valence-electron chi connectivity index (χ4n) is 2.10. The predicted molar refractivity (Wildman–Crippen MR) is 69.2 cm³/mol. The van der Waals surface area contributed by atoms with Crippen molar-refractivity contribution in [1.29, 1.82) is 0 Å². The van der Waals surface area contributed by atoms with Crippen LogP contribution < -0.4 is 0 Å². The molecule has 0 aromatic heterocycles.